The van der Waals surface area contributed by atoms with Crippen LogP contribution in [0.5, 0.6) is 5.75 Å². The molecule has 0 fully saturated rings. The molecule has 0 amide bonds. The Bertz CT molecular complexity index is 608. The number of hydrogen-bond donors (Lipinski definition) is 2. The van der Waals surface area contributed by atoms with Gasteiger partial charge in [0.2, 0.25) is 0 Å². The topological polar surface area (TPSA) is 57.5 Å². The number of rotatable bonds is 4. The van der Waals surface area contributed by atoms with Crippen molar-refractivity contribution < 1.29 is 19.4 Å². The lowest BCUT2D eigenvalue weighted by Gasteiger charge is -2.10. The Hall–Kier alpha value is -2.36. The number of aromatic hydroxyl groups is 1. The van der Waals surface area contributed by atoms with Crippen molar-refractivity contribution >= 4 is 5.97 Å². The first-order chi connectivity index (χ1) is 9.06. The van der Waals surface area contributed by atoms with Crippen LogP contribution < -0.4 is 0 Å². The van der Waals surface area contributed by atoms with Crippen molar-refractivity contribution in [3.63, 3.8) is 0 Å². The number of carboxylic acid groups (broad SMARTS) is 1. The Kier molecular flexibility index (Phi) is 3.80. The molecule has 0 heterocycles. The highest BCUT2D eigenvalue weighted by atomic mass is 19.1. The minimum Gasteiger partial charge on any atom is -0.508 e. The fraction of sp³-hybridized carbons (Fsp3) is 0.133. The third kappa shape index (κ3) is 3.31. The first-order valence-corrected chi connectivity index (χ1v) is 5.86. The number of phenolic OH excluding ortho intramolecular Hbond substituents is 1. The summed E-state index contributed by atoms with van der Waals surface area (Å²) in [5.74, 6) is -1.19. The van der Waals surface area contributed by atoms with Gasteiger partial charge in [0.15, 0.2) is 0 Å². The second-order valence-electron chi connectivity index (χ2n) is 4.25. The van der Waals surface area contributed by atoms with Crippen molar-refractivity contribution in [1.29, 1.82) is 0 Å². The second kappa shape index (κ2) is 5.52. The number of carboxylic acids is 1. The molecule has 3 nitrogen and oxygen atoms in total. The molecule has 2 aromatic carbocycles. The van der Waals surface area contributed by atoms with E-state index in [2.05, 4.69) is 0 Å². The summed E-state index contributed by atoms with van der Waals surface area (Å²) in [6.07, 6.45) is 0.328. The van der Waals surface area contributed by atoms with E-state index in [9.17, 15) is 14.3 Å². The number of hydrogen-bond acceptors (Lipinski definition) is 2. The molecule has 0 aliphatic carbocycles. The first-order valence-electron chi connectivity index (χ1n) is 5.86. The molecule has 0 saturated carbocycles. The Balaban J connectivity index is 2.42. The van der Waals surface area contributed by atoms with Crippen LogP contribution in [0.4, 0.5) is 4.39 Å². The Morgan fingerprint density at radius 1 is 1.16 bits per heavy atom. The van der Waals surface area contributed by atoms with Gasteiger partial charge in [-0.3, -0.25) is 4.79 Å². The Morgan fingerprint density at radius 2 is 1.95 bits per heavy atom. The molecule has 2 aromatic rings. The second-order valence-corrected chi connectivity index (χ2v) is 4.25. The minimum absolute atomic E-state index is 0.00685. The Labute approximate surface area is 109 Å². The van der Waals surface area contributed by atoms with Crippen LogP contribution >= 0.6 is 0 Å². The molecule has 0 saturated heterocycles. The van der Waals surface area contributed by atoms with Crippen LogP contribution in [0.15, 0.2) is 42.5 Å². The average molecular weight is 260 g/mol. The van der Waals surface area contributed by atoms with E-state index >= 15 is 0 Å². The van der Waals surface area contributed by atoms with Crippen molar-refractivity contribution in [2.75, 3.05) is 0 Å². The lowest BCUT2D eigenvalue weighted by Crippen LogP contribution is -1.99. The number of carbonyl (C=O) groups is 1. The summed E-state index contributed by atoms with van der Waals surface area (Å²) in [4.78, 5) is 10.6. The van der Waals surface area contributed by atoms with Gasteiger partial charge in [-0.05, 0) is 47.4 Å². The molecule has 4 heteroatoms. The van der Waals surface area contributed by atoms with Crippen LogP contribution in [0.3, 0.4) is 0 Å². The van der Waals surface area contributed by atoms with Crippen LogP contribution in [0.25, 0.3) is 11.1 Å². The van der Waals surface area contributed by atoms with Gasteiger partial charge in [-0.2, -0.15) is 0 Å². The summed E-state index contributed by atoms with van der Waals surface area (Å²) in [7, 11) is 0. The van der Waals surface area contributed by atoms with E-state index < -0.39 is 5.97 Å². The molecule has 0 radical (unpaired) electrons. The van der Waals surface area contributed by atoms with Gasteiger partial charge in [-0.15, -0.1) is 0 Å². The normalized spacial score (nSPS) is 10.4. The number of benzene rings is 2. The van der Waals surface area contributed by atoms with Crippen LogP contribution in [0.1, 0.15) is 12.0 Å². The maximum atomic E-state index is 13.2. The fourth-order valence-electron chi connectivity index (χ4n) is 1.95. The van der Waals surface area contributed by atoms with Crippen LogP contribution in [-0.2, 0) is 11.2 Å². The monoisotopic (exact) mass is 260 g/mol. The van der Waals surface area contributed by atoms with Crippen LogP contribution in [0, 0.1) is 5.82 Å². The number of halogens is 1. The molecule has 0 aliphatic heterocycles. The summed E-state index contributed by atoms with van der Waals surface area (Å²) in [6.45, 7) is 0. The Morgan fingerprint density at radius 3 is 2.63 bits per heavy atom. The largest absolute Gasteiger partial charge is 0.508 e. The smallest absolute Gasteiger partial charge is 0.303 e. The number of phenols is 1. The lowest BCUT2D eigenvalue weighted by atomic mass is 9.96. The highest BCUT2D eigenvalue weighted by Crippen LogP contribution is 2.28. The maximum absolute atomic E-state index is 13.2. The number of aliphatic carboxylic acids is 1. The van der Waals surface area contributed by atoms with Crippen molar-refractivity contribution in [3.05, 3.63) is 53.8 Å². The van der Waals surface area contributed by atoms with Gasteiger partial charge in [0.25, 0.3) is 0 Å². The first kappa shape index (κ1) is 13.1. The van der Waals surface area contributed by atoms with Crippen molar-refractivity contribution in [3.8, 4) is 16.9 Å². The maximum Gasteiger partial charge on any atom is 0.303 e. The summed E-state index contributed by atoms with van der Waals surface area (Å²) < 4.78 is 13.2. The fourth-order valence-corrected chi connectivity index (χ4v) is 1.95. The van der Waals surface area contributed by atoms with Crippen molar-refractivity contribution in [2.24, 2.45) is 0 Å². The third-order valence-corrected chi connectivity index (χ3v) is 2.84. The van der Waals surface area contributed by atoms with E-state index in [-0.39, 0.29) is 18.0 Å². The molecule has 0 aromatic heterocycles. The summed E-state index contributed by atoms with van der Waals surface area (Å²) in [6, 6.07) is 10.7. The summed E-state index contributed by atoms with van der Waals surface area (Å²) in [5, 5.41) is 18.3. The lowest BCUT2D eigenvalue weighted by molar-refractivity contribution is -0.136. The number of aryl methyl sites for hydroxylation is 1. The van der Waals surface area contributed by atoms with Gasteiger partial charge >= 0.3 is 5.97 Å². The van der Waals surface area contributed by atoms with Gasteiger partial charge in [-0.1, -0.05) is 18.2 Å². The zero-order valence-electron chi connectivity index (χ0n) is 10.1. The third-order valence-electron chi connectivity index (χ3n) is 2.84. The quantitative estimate of drug-likeness (QED) is 0.887. The van der Waals surface area contributed by atoms with Crippen LogP contribution in [0.2, 0.25) is 0 Å². The zero-order chi connectivity index (χ0) is 13.8. The molecule has 0 bridgehead atoms. The molecule has 0 atom stereocenters. The van der Waals surface area contributed by atoms with Crippen LogP contribution in [-0.4, -0.2) is 16.2 Å². The van der Waals surface area contributed by atoms with Gasteiger partial charge in [0, 0.05) is 6.42 Å². The zero-order valence-corrected chi connectivity index (χ0v) is 10.1. The molecule has 98 valence electrons. The molecule has 19 heavy (non-hydrogen) atoms. The summed E-state index contributed by atoms with van der Waals surface area (Å²) in [5.41, 5.74) is 2.04. The molecule has 0 unspecified atom stereocenters. The molecule has 2 rings (SSSR count). The molecule has 0 aliphatic rings. The van der Waals surface area contributed by atoms with E-state index in [0.717, 1.165) is 5.56 Å². The van der Waals surface area contributed by atoms with Gasteiger partial charge < -0.3 is 10.2 Å². The highest BCUT2D eigenvalue weighted by Gasteiger charge is 2.09. The average Bonchev–Trinajstić information content (AvgIpc) is 2.37. The van der Waals surface area contributed by atoms with Gasteiger partial charge in [0.05, 0.1) is 0 Å². The van der Waals surface area contributed by atoms with Crippen molar-refractivity contribution in [1.82, 2.24) is 0 Å². The predicted octanol–water partition coefficient (Wildman–Crippen LogP) is 3.22. The van der Waals surface area contributed by atoms with Gasteiger partial charge in [-0.25, -0.2) is 4.39 Å². The molecular weight excluding hydrogens is 247 g/mol. The minimum atomic E-state index is -0.890. The van der Waals surface area contributed by atoms with E-state index in [1.165, 1.54) is 24.3 Å². The van der Waals surface area contributed by atoms with Crippen molar-refractivity contribution in [2.45, 2.75) is 12.8 Å². The molecule has 2 N–H and O–H groups in total. The van der Waals surface area contributed by atoms with E-state index in [1.54, 1.807) is 18.2 Å². The predicted molar refractivity (Wildman–Crippen MR) is 69.5 cm³/mol. The molecular formula is C15H13FO3. The summed E-state index contributed by atoms with van der Waals surface area (Å²) >= 11 is 0. The van der Waals surface area contributed by atoms with E-state index in [0.29, 0.717) is 17.5 Å². The highest BCUT2D eigenvalue weighted by molar-refractivity contribution is 5.71. The van der Waals surface area contributed by atoms with E-state index in [1.807, 2.05) is 0 Å². The standard InChI is InChI=1S/C15H13FO3/c16-12-3-1-2-11(8-12)14-9-13(17)6-4-10(14)5-7-15(18)19/h1-4,6,8-9,17H,5,7H2,(H,18,19). The SMILES string of the molecule is O=C(O)CCc1ccc(O)cc1-c1cccc(F)c1. The van der Waals surface area contributed by atoms with Gasteiger partial charge in [0.1, 0.15) is 11.6 Å². The molecule has 0 spiro atoms. The van der Waals surface area contributed by atoms with E-state index in [4.69, 9.17) is 5.11 Å².